The number of alkyl carbamates (subject to hydrolysis) is 1. The second-order valence-electron chi connectivity index (χ2n) is 5.11. The van der Waals surface area contributed by atoms with Crippen LogP contribution in [0, 0.1) is 0 Å². The van der Waals surface area contributed by atoms with Gasteiger partial charge in [-0.15, -0.1) is 0 Å². The molecule has 0 spiro atoms. The third-order valence-corrected chi connectivity index (χ3v) is 2.14. The Kier molecular flexibility index (Phi) is 5.16. The minimum absolute atomic E-state index is 0.403. The first kappa shape index (κ1) is 14.5. The van der Waals surface area contributed by atoms with Crippen molar-refractivity contribution in [1.29, 1.82) is 0 Å². The Bertz CT molecular complexity index is 396. The van der Waals surface area contributed by atoms with Gasteiger partial charge in [0, 0.05) is 13.7 Å². The van der Waals surface area contributed by atoms with Crippen LogP contribution in [-0.2, 0) is 22.6 Å². The molecule has 0 heterocycles. The van der Waals surface area contributed by atoms with Gasteiger partial charge in [-0.3, -0.25) is 0 Å². The molecule has 1 amide bonds. The van der Waals surface area contributed by atoms with Crippen LogP contribution in [0.3, 0.4) is 0 Å². The first-order valence-corrected chi connectivity index (χ1v) is 5.94. The van der Waals surface area contributed by atoms with Crippen LogP contribution in [0.5, 0.6) is 0 Å². The lowest BCUT2D eigenvalue weighted by molar-refractivity contribution is 0.0523. The van der Waals surface area contributed by atoms with E-state index in [1.54, 1.807) is 7.11 Å². The monoisotopic (exact) mass is 251 g/mol. The minimum Gasteiger partial charge on any atom is -0.444 e. The van der Waals surface area contributed by atoms with Crippen LogP contribution in [0.2, 0.25) is 0 Å². The molecule has 1 aromatic carbocycles. The SMILES string of the molecule is COCc1cccc(CNC(=O)OC(C)(C)C)c1. The van der Waals surface area contributed by atoms with Crippen molar-refractivity contribution in [2.24, 2.45) is 0 Å². The van der Waals surface area contributed by atoms with Crippen molar-refractivity contribution < 1.29 is 14.3 Å². The van der Waals surface area contributed by atoms with Crippen molar-refractivity contribution in [3.05, 3.63) is 35.4 Å². The summed E-state index contributed by atoms with van der Waals surface area (Å²) in [5.74, 6) is 0. The standard InChI is InChI=1S/C14H21NO3/c1-14(2,3)18-13(16)15-9-11-6-5-7-12(8-11)10-17-4/h5-8H,9-10H2,1-4H3,(H,15,16). The highest BCUT2D eigenvalue weighted by Gasteiger charge is 2.15. The number of nitrogens with one attached hydrogen (secondary N) is 1. The van der Waals surface area contributed by atoms with E-state index in [0.29, 0.717) is 13.2 Å². The maximum Gasteiger partial charge on any atom is 0.407 e. The molecule has 100 valence electrons. The average Bonchev–Trinajstić information content (AvgIpc) is 2.25. The van der Waals surface area contributed by atoms with E-state index in [0.717, 1.165) is 11.1 Å². The molecule has 0 aliphatic rings. The maximum atomic E-state index is 11.5. The molecule has 1 N–H and O–H groups in total. The van der Waals surface area contributed by atoms with Crippen LogP contribution in [0.1, 0.15) is 31.9 Å². The highest BCUT2D eigenvalue weighted by atomic mass is 16.6. The van der Waals surface area contributed by atoms with E-state index in [1.807, 2.05) is 45.0 Å². The largest absolute Gasteiger partial charge is 0.444 e. The molecular weight excluding hydrogens is 230 g/mol. The van der Waals surface area contributed by atoms with E-state index in [2.05, 4.69) is 5.32 Å². The van der Waals surface area contributed by atoms with Gasteiger partial charge in [0.25, 0.3) is 0 Å². The van der Waals surface area contributed by atoms with Gasteiger partial charge in [0.05, 0.1) is 6.61 Å². The first-order chi connectivity index (χ1) is 8.40. The Morgan fingerprint density at radius 3 is 2.56 bits per heavy atom. The molecule has 0 bridgehead atoms. The third-order valence-electron chi connectivity index (χ3n) is 2.14. The highest BCUT2D eigenvalue weighted by Crippen LogP contribution is 2.08. The lowest BCUT2D eigenvalue weighted by Crippen LogP contribution is -2.32. The Morgan fingerprint density at radius 1 is 1.28 bits per heavy atom. The summed E-state index contributed by atoms with van der Waals surface area (Å²) in [6.07, 6.45) is -0.403. The lowest BCUT2D eigenvalue weighted by Gasteiger charge is -2.19. The predicted octanol–water partition coefficient (Wildman–Crippen LogP) is 2.86. The van der Waals surface area contributed by atoms with E-state index in [9.17, 15) is 4.79 Å². The summed E-state index contributed by atoms with van der Waals surface area (Å²) in [4.78, 5) is 11.5. The lowest BCUT2D eigenvalue weighted by atomic mass is 10.1. The van der Waals surface area contributed by atoms with E-state index in [1.165, 1.54) is 0 Å². The number of rotatable bonds is 4. The average molecular weight is 251 g/mol. The summed E-state index contributed by atoms with van der Waals surface area (Å²) in [6, 6.07) is 7.89. The van der Waals surface area contributed by atoms with Crippen LogP contribution >= 0.6 is 0 Å². The smallest absolute Gasteiger partial charge is 0.407 e. The number of carbonyl (C=O) groups excluding carboxylic acids is 1. The fraction of sp³-hybridized carbons (Fsp3) is 0.500. The van der Waals surface area contributed by atoms with Crippen molar-refractivity contribution in [2.75, 3.05) is 7.11 Å². The second-order valence-corrected chi connectivity index (χ2v) is 5.11. The van der Waals surface area contributed by atoms with Crippen molar-refractivity contribution in [3.8, 4) is 0 Å². The molecule has 0 atom stereocenters. The summed E-state index contributed by atoms with van der Waals surface area (Å²) in [7, 11) is 1.66. The third kappa shape index (κ3) is 5.68. The molecule has 0 aliphatic heterocycles. The molecule has 0 aromatic heterocycles. The number of hydrogen-bond acceptors (Lipinski definition) is 3. The van der Waals surface area contributed by atoms with Crippen molar-refractivity contribution in [2.45, 2.75) is 39.5 Å². The van der Waals surface area contributed by atoms with Gasteiger partial charge in [-0.2, -0.15) is 0 Å². The van der Waals surface area contributed by atoms with E-state index in [4.69, 9.17) is 9.47 Å². The first-order valence-electron chi connectivity index (χ1n) is 5.94. The number of ether oxygens (including phenoxy) is 2. The van der Waals surface area contributed by atoms with Gasteiger partial charge in [-0.1, -0.05) is 24.3 Å². The van der Waals surface area contributed by atoms with Gasteiger partial charge in [0.2, 0.25) is 0 Å². The summed E-state index contributed by atoms with van der Waals surface area (Å²) in [6.45, 7) is 6.54. The number of hydrogen-bond donors (Lipinski definition) is 1. The van der Waals surface area contributed by atoms with Crippen LogP contribution in [0.15, 0.2) is 24.3 Å². The molecule has 4 nitrogen and oxygen atoms in total. The topological polar surface area (TPSA) is 47.6 Å². The zero-order valence-electron chi connectivity index (χ0n) is 11.4. The van der Waals surface area contributed by atoms with E-state index >= 15 is 0 Å². The molecule has 0 unspecified atom stereocenters. The van der Waals surface area contributed by atoms with E-state index < -0.39 is 11.7 Å². The van der Waals surface area contributed by atoms with Gasteiger partial charge in [0.1, 0.15) is 5.60 Å². The summed E-state index contributed by atoms with van der Waals surface area (Å²) < 4.78 is 10.2. The van der Waals surface area contributed by atoms with Crippen molar-refractivity contribution >= 4 is 6.09 Å². The molecular formula is C14H21NO3. The summed E-state index contributed by atoms with van der Waals surface area (Å²) in [5, 5.41) is 2.72. The molecule has 0 radical (unpaired) electrons. The summed E-state index contributed by atoms with van der Waals surface area (Å²) >= 11 is 0. The van der Waals surface area contributed by atoms with Gasteiger partial charge < -0.3 is 14.8 Å². The normalized spacial score (nSPS) is 11.1. The van der Waals surface area contributed by atoms with Gasteiger partial charge in [-0.25, -0.2) is 4.79 Å². The van der Waals surface area contributed by atoms with Crippen molar-refractivity contribution in [3.63, 3.8) is 0 Å². The van der Waals surface area contributed by atoms with Crippen LogP contribution < -0.4 is 5.32 Å². The molecule has 4 heteroatoms. The van der Waals surface area contributed by atoms with Crippen LogP contribution in [0.25, 0.3) is 0 Å². The fourth-order valence-corrected chi connectivity index (χ4v) is 1.48. The predicted molar refractivity (Wildman–Crippen MR) is 70.2 cm³/mol. The molecule has 0 aliphatic carbocycles. The molecule has 0 saturated heterocycles. The zero-order valence-corrected chi connectivity index (χ0v) is 11.4. The number of benzene rings is 1. The number of carbonyl (C=O) groups is 1. The Morgan fingerprint density at radius 2 is 1.94 bits per heavy atom. The van der Waals surface area contributed by atoms with Crippen molar-refractivity contribution in [1.82, 2.24) is 5.32 Å². The quantitative estimate of drug-likeness (QED) is 0.895. The van der Waals surface area contributed by atoms with Gasteiger partial charge >= 0.3 is 6.09 Å². The molecule has 1 rings (SSSR count). The van der Waals surface area contributed by atoms with Gasteiger partial charge in [0.15, 0.2) is 0 Å². The molecule has 0 fully saturated rings. The summed E-state index contributed by atoms with van der Waals surface area (Å²) in [5.41, 5.74) is 1.64. The highest BCUT2D eigenvalue weighted by molar-refractivity contribution is 5.67. The van der Waals surface area contributed by atoms with E-state index in [-0.39, 0.29) is 0 Å². The Hall–Kier alpha value is -1.55. The Labute approximate surface area is 108 Å². The second kappa shape index (κ2) is 6.40. The minimum atomic E-state index is -0.470. The molecule has 18 heavy (non-hydrogen) atoms. The zero-order chi connectivity index (χ0) is 13.6. The fourth-order valence-electron chi connectivity index (χ4n) is 1.48. The van der Waals surface area contributed by atoms with Crippen LogP contribution in [0.4, 0.5) is 4.79 Å². The number of amides is 1. The van der Waals surface area contributed by atoms with Gasteiger partial charge in [-0.05, 0) is 31.9 Å². The van der Waals surface area contributed by atoms with Crippen LogP contribution in [-0.4, -0.2) is 18.8 Å². The maximum absolute atomic E-state index is 11.5. The molecule has 1 aromatic rings. The molecule has 0 saturated carbocycles. The number of methoxy groups -OCH3 is 1. The Balaban J connectivity index is 2.48.